The molecule has 0 saturated carbocycles. The lowest BCUT2D eigenvalue weighted by Gasteiger charge is -2.23. The van der Waals surface area contributed by atoms with Crippen LogP contribution >= 0.6 is 0 Å². The number of halogens is 3. The van der Waals surface area contributed by atoms with Gasteiger partial charge < -0.3 is 4.74 Å². The summed E-state index contributed by atoms with van der Waals surface area (Å²) in [7, 11) is 11.6. The maximum atomic E-state index is 12.9. The van der Waals surface area contributed by atoms with Crippen LogP contribution < -0.4 is 4.74 Å². The largest absolute Gasteiger partial charge is 0.479 e. The van der Waals surface area contributed by atoms with Crippen molar-refractivity contribution in [2.45, 2.75) is 31.2 Å². The molecule has 0 spiro atoms. The van der Waals surface area contributed by atoms with E-state index in [1.54, 1.807) is 0 Å². The van der Waals surface area contributed by atoms with Crippen LogP contribution in [-0.4, -0.2) is 54.5 Å². The van der Waals surface area contributed by atoms with Crippen molar-refractivity contribution >= 4 is 33.7 Å². The summed E-state index contributed by atoms with van der Waals surface area (Å²) in [5, 5.41) is 0. The molecule has 0 heterocycles. The van der Waals surface area contributed by atoms with Crippen molar-refractivity contribution in [2.75, 3.05) is 5.75 Å². The van der Waals surface area contributed by atoms with Gasteiger partial charge in [0.25, 0.3) is 10.1 Å². The maximum Gasteiger partial charge on any atom is 0.426 e. The Balaban J connectivity index is 3.27. The second-order valence-electron chi connectivity index (χ2n) is 4.74. The van der Waals surface area contributed by atoms with Gasteiger partial charge in [-0.2, -0.15) is 21.6 Å². The first kappa shape index (κ1) is 20.0. The molecule has 0 saturated heterocycles. The van der Waals surface area contributed by atoms with Crippen LogP contribution in [0.25, 0.3) is 0 Å². The highest BCUT2D eigenvalue weighted by atomic mass is 32.2. The van der Waals surface area contributed by atoms with Gasteiger partial charge in [-0.1, -0.05) is 36.2 Å². The molecule has 23 heavy (non-hydrogen) atoms. The van der Waals surface area contributed by atoms with E-state index in [0.717, 1.165) is 0 Å². The molecule has 1 aromatic carbocycles. The highest BCUT2D eigenvalue weighted by Gasteiger charge is 2.44. The van der Waals surface area contributed by atoms with Gasteiger partial charge in [-0.15, -0.1) is 0 Å². The molecule has 11 heteroatoms. The molecule has 0 aliphatic heterocycles. The number of hydrogen-bond acceptors (Lipinski definition) is 3. The van der Waals surface area contributed by atoms with E-state index in [-0.39, 0.29) is 30.3 Å². The van der Waals surface area contributed by atoms with E-state index in [1.165, 1.54) is 12.1 Å². The average Bonchev–Trinajstić information content (AvgIpc) is 2.43. The van der Waals surface area contributed by atoms with Crippen LogP contribution in [0.1, 0.15) is 16.7 Å². The number of benzene rings is 1. The first-order chi connectivity index (χ1) is 10.5. The molecule has 1 aromatic rings. The normalized spacial score (nSPS) is 13.7. The van der Waals surface area contributed by atoms with Crippen LogP contribution in [0.15, 0.2) is 12.1 Å². The minimum atomic E-state index is -5.00. The molecular formula is C12H12B3F3O4S. The fourth-order valence-corrected chi connectivity index (χ4v) is 2.55. The summed E-state index contributed by atoms with van der Waals surface area (Å²) in [6.07, 6.45) is -7.78. The molecular weight excluding hydrogens is 330 g/mol. The molecule has 1 rings (SSSR count). The Labute approximate surface area is 136 Å². The maximum absolute atomic E-state index is 12.9. The first-order valence-electron chi connectivity index (χ1n) is 6.45. The molecule has 0 fully saturated rings. The second-order valence-corrected chi connectivity index (χ2v) is 6.23. The summed E-state index contributed by atoms with van der Waals surface area (Å²) in [6, 6.07) is 2.70. The SMILES string of the molecule is [B]Cc1cc(C[B])c(OC(CS(=O)(=O)O)C(F)(F)F)cc1C[B]. The molecule has 6 radical (unpaired) electrons. The number of alkyl halides is 3. The molecule has 0 aliphatic carbocycles. The van der Waals surface area contributed by atoms with Crippen molar-refractivity contribution in [3.05, 3.63) is 28.8 Å². The van der Waals surface area contributed by atoms with Crippen LogP contribution in [0.2, 0.25) is 0 Å². The Kier molecular flexibility index (Phi) is 6.64. The first-order valence-corrected chi connectivity index (χ1v) is 8.06. The summed E-state index contributed by atoms with van der Waals surface area (Å²) in [4.78, 5) is 0. The lowest BCUT2D eigenvalue weighted by Crippen LogP contribution is -2.40. The van der Waals surface area contributed by atoms with Crippen molar-refractivity contribution < 1.29 is 30.9 Å². The minimum Gasteiger partial charge on any atom is -0.479 e. The van der Waals surface area contributed by atoms with Crippen molar-refractivity contribution in [1.29, 1.82) is 0 Å². The zero-order chi connectivity index (χ0) is 17.8. The smallest absolute Gasteiger partial charge is 0.426 e. The van der Waals surface area contributed by atoms with Crippen LogP contribution in [-0.2, 0) is 29.1 Å². The van der Waals surface area contributed by atoms with Gasteiger partial charge in [0.1, 0.15) is 11.5 Å². The fourth-order valence-electron chi connectivity index (χ4n) is 1.91. The van der Waals surface area contributed by atoms with E-state index in [4.69, 9.17) is 32.8 Å². The van der Waals surface area contributed by atoms with Gasteiger partial charge in [0, 0.05) is 0 Å². The highest BCUT2D eigenvalue weighted by Crippen LogP contribution is 2.30. The van der Waals surface area contributed by atoms with E-state index >= 15 is 0 Å². The van der Waals surface area contributed by atoms with Gasteiger partial charge in [-0.25, -0.2) is 0 Å². The molecule has 1 N–H and O–H groups in total. The second kappa shape index (κ2) is 7.66. The predicted molar refractivity (Wildman–Crippen MR) is 81.7 cm³/mol. The molecule has 4 nitrogen and oxygen atoms in total. The van der Waals surface area contributed by atoms with Crippen molar-refractivity contribution in [3.8, 4) is 5.75 Å². The molecule has 0 aliphatic rings. The van der Waals surface area contributed by atoms with Crippen LogP contribution in [0, 0.1) is 0 Å². The van der Waals surface area contributed by atoms with Crippen LogP contribution in [0.4, 0.5) is 13.2 Å². The van der Waals surface area contributed by atoms with E-state index in [9.17, 15) is 21.6 Å². The van der Waals surface area contributed by atoms with Gasteiger partial charge in [0.15, 0.2) is 0 Å². The summed E-state index contributed by atoms with van der Waals surface area (Å²) >= 11 is 0. The zero-order valence-corrected chi connectivity index (χ0v) is 12.8. The van der Waals surface area contributed by atoms with Gasteiger partial charge in [0.2, 0.25) is 6.10 Å². The highest BCUT2D eigenvalue weighted by molar-refractivity contribution is 7.85. The third kappa shape index (κ3) is 5.80. The van der Waals surface area contributed by atoms with Crippen molar-refractivity contribution in [2.24, 2.45) is 0 Å². The topological polar surface area (TPSA) is 63.6 Å². The van der Waals surface area contributed by atoms with E-state index in [1.807, 2.05) is 0 Å². The van der Waals surface area contributed by atoms with Gasteiger partial charge in [-0.05, 0) is 11.6 Å². The third-order valence-corrected chi connectivity index (χ3v) is 3.76. The average molecular weight is 342 g/mol. The zero-order valence-electron chi connectivity index (χ0n) is 12.0. The van der Waals surface area contributed by atoms with Crippen molar-refractivity contribution in [3.63, 3.8) is 0 Å². The molecule has 0 aromatic heterocycles. The standard InChI is InChI=1S/C12H12B3F3O4S/c13-3-7-1-9(5-15)10(2-8(7)4-14)22-11(12(16,17)18)6-23(19,20)21/h1-2,11H,3-6H2,(H,19,20,21). The lowest BCUT2D eigenvalue weighted by molar-refractivity contribution is -0.188. The molecule has 0 bridgehead atoms. The fraction of sp³-hybridized carbons (Fsp3) is 0.500. The Morgan fingerprint density at radius 3 is 1.91 bits per heavy atom. The van der Waals surface area contributed by atoms with E-state index in [0.29, 0.717) is 11.1 Å². The molecule has 0 amide bonds. The molecule has 120 valence electrons. The monoisotopic (exact) mass is 342 g/mol. The van der Waals surface area contributed by atoms with E-state index in [2.05, 4.69) is 0 Å². The van der Waals surface area contributed by atoms with E-state index < -0.39 is 28.2 Å². The van der Waals surface area contributed by atoms with Gasteiger partial charge >= 0.3 is 6.18 Å². The summed E-state index contributed by atoms with van der Waals surface area (Å²) < 4.78 is 73.8. The number of hydrogen-bond donors (Lipinski definition) is 1. The van der Waals surface area contributed by atoms with Gasteiger partial charge in [-0.3, -0.25) is 4.55 Å². The summed E-state index contributed by atoms with van der Waals surface area (Å²) in [5.41, 5.74) is 1.26. The molecule has 1 unspecified atom stereocenters. The predicted octanol–water partition coefficient (Wildman–Crippen LogP) is 0.890. The lowest BCUT2D eigenvalue weighted by atomic mass is 9.83. The van der Waals surface area contributed by atoms with Crippen molar-refractivity contribution in [1.82, 2.24) is 0 Å². The quantitative estimate of drug-likeness (QED) is 0.591. The van der Waals surface area contributed by atoms with Gasteiger partial charge in [0.05, 0.1) is 23.5 Å². The van der Waals surface area contributed by atoms with Crippen LogP contribution in [0.5, 0.6) is 5.75 Å². The number of rotatable bonds is 7. The summed E-state index contributed by atoms with van der Waals surface area (Å²) in [6.45, 7) is 0. The van der Waals surface area contributed by atoms with Crippen LogP contribution in [0.3, 0.4) is 0 Å². The Hall–Kier alpha value is -1.09. The minimum absolute atomic E-state index is 0.00271. The third-order valence-electron chi connectivity index (χ3n) is 3.04. The molecule has 1 atom stereocenters. The summed E-state index contributed by atoms with van der Waals surface area (Å²) in [5.74, 6) is -1.88. The Bertz CT molecular complexity index is 650. The Morgan fingerprint density at radius 2 is 1.52 bits per heavy atom. The Morgan fingerprint density at radius 1 is 1.04 bits per heavy atom. The number of ether oxygens (including phenoxy) is 1.